The molecule has 0 aromatic rings. The maximum absolute atomic E-state index is 12.7. The second-order valence-electron chi connectivity index (χ2n) is 6.72. The van der Waals surface area contributed by atoms with Crippen molar-refractivity contribution in [1.82, 2.24) is 16.0 Å². The summed E-state index contributed by atoms with van der Waals surface area (Å²) in [4.78, 5) is 59.0. The molecule has 5 unspecified atom stereocenters. The van der Waals surface area contributed by atoms with E-state index in [0.29, 0.717) is 6.42 Å². The molecule has 0 aromatic carbocycles. The Bertz CT molecular complexity index is 617. The summed E-state index contributed by atoms with van der Waals surface area (Å²) in [6, 6.07) is -4.47. The number of thiol groups is 1. The third-order valence-electron chi connectivity index (χ3n) is 4.34. The number of carboxylic acids is 2. The molecule has 0 bridgehead atoms. The molecule has 3 amide bonds. The summed E-state index contributed by atoms with van der Waals surface area (Å²) < 4.78 is 0. The highest BCUT2D eigenvalue weighted by Crippen LogP contribution is 2.10. The summed E-state index contributed by atoms with van der Waals surface area (Å²) in [7, 11) is 0. The number of hydrogen-bond acceptors (Lipinski definition) is 7. The Morgan fingerprint density at radius 2 is 1.55 bits per heavy atom. The van der Waals surface area contributed by atoms with Gasteiger partial charge in [-0.05, 0) is 19.3 Å². The quantitative estimate of drug-likeness (QED) is 0.174. The van der Waals surface area contributed by atoms with Crippen LogP contribution < -0.4 is 21.7 Å². The van der Waals surface area contributed by atoms with Gasteiger partial charge >= 0.3 is 11.9 Å². The van der Waals surface area contributed by atoms with Crippen LogP contribution in [0.15, 0.2) is 0 Å². The second kappa shape index (κ2) is 13.0. The third kappa shape index (κ3) is 9.61. The summed E-state index contributed by atoms with van der Waals surface area (Å²) in [6.45, 7) is 4.76. The average Bonchev–Trinajstić information content (AvgIpc) is 2.66. The summed E-state index contributed by atoms with van der Waals surface area (Å²) in [5, 5.41) is 24.9. The van der Waals surface area contributed by atoms with E-state index in [0.717, 1.165) is 0 Å². The van der Waals surface area contributed by atoms with Crippen LogP contribution in [-0.4, -0.2) is 69.8 Å². The second-order valence-corrected chi connectivity index (χ2v) is 7.09. The highest BCUT2D eigenvalue weighted by atomic mass is 32.1. The highest BCUT2D eigenvalue weighted by Gasteiger charge is 2.31. The van der Waals surface area contributed by atoms with Crippen LogP contribution in [0.5, 0.6) is 0 Å². The Morgan fingerprint density at radius 1 is 0.966 bits per heavy atom. The molecule has 0 rings (SSSR count). The van der Waals surface area contributed by atoms with Gasteiger partial charge in [0, 0.05) is 12.2 Å². The first kappa shape index (κ1) is 26.7. The summed E-state index contributed by atoms with van der Waals surface area (Å²) in [6.07, 6.45) is -0.155. The van der Waals surface area contributed by atoms with Crippen LogP contribution >= 0.6 is 12.6 Å². The van der Waals surface area contributed by atoms with Crippen LogP contribution in [0.4, 0.5) is 0 Å². The topological polar surface area (TPSA) is 188 Å². The minimum Gasteiger partial charge on any atom is -0.481 e. The molecule has 0 saturated carbocycles. The van der Waals surface area contributed by atoms with E-state index in [1.54, 1.807) is 13.8 Å². The van der Waals surface area contributed by atoms with Gasteiger partial charge in [-0.3, -0.25) is 24.0 Å². The van der Waals surface area contributed by atoms with Crippen molar-refractivity contribution in [1.29, 1.82) is 0 Å². The fraction of sp³-hybridized carbons (Fsp3) is 0.706. The lowest BCUT2D eigenvalue weighted by Gasteiger charge is -2.27. The van der Waals surface area contributed by atoms with Crippen molar-refractivity contribution in [3.63, 3.8) is 0 Å². The van der Waals surface area contributed by atoms with Gasteiger partial charge in [-0.15, -0.1) is 0 Å². The Labute approximate surface area is 174 Å². The molecule has 0 aliphatic heterocycles. The molecule has 0 radical (unpaired) electrons. The van der Waals surface area contributed by atoms with Crippen LogP contribution in [0, 0.1) is 5.92 Å². The van der Waals surface area contributed by atoms with E-state index >= 15 is 0 Å². The van der Waals surface area contributed by atoms with Gasteiger partial charge in [-0.1, -0.05) is 20.3 Å². The maximum Gasteiger partial charge on any atom is 0.325 e. The standard InChI is InChI=1S/C17H30N4O7S/c1-4-8(2)13(21-14(24)10(18)7-29)16(26)20-11(5-6-12(22)23)15(25)19-9(3)17(27)28/h8-11,13,29H,4-7,18H2,1-3H3,(H,19,25)(H,20,26)(H,21,24)(H,22,23)(H,27,28). The number of aliphatic carboxylic acids is 2. The predicted octanol–water partition coefficient (Wildman–Crippen LogP) is -1.29. The lowest BCUT2D eigenvalue weighted by molar-refractivity contribution is -0.142. The normalized spacial score (nSPS) is 15.9. The number of carbonyl (C=O) groups excluding carboxylic acids is 3. The Balaban J connectivity index is 5.41. The number of hydrogen-bond donors (Lipinski definition) is 7. The van der Waals surface area contributed by atoms with E-state index in [9.17, 15) is 24.0 Å². The van der Waals surface area contributed by atoms with E-state index in [-0.39, 0.29) is 18.1 Å². The molecule has 0 heterocycles. The number of amides is 3. The van der Waals surface area contributed by atoms with Gasteiger partial charge in [-0.25, -0.2) is 0 Å². The number of carboxylic acid groups (broad SMARTS) is 2. The lowest BCUT2D eigenvalue weighted by Crippen LogP contribution is -2.58. The average molecular weight is 435 g/mol. The number of rotatable bonds is 13. The Kier molecular flexibility index (Phi) is 11.9. The van der Waals surface area contributed by atoms with Crippen LogP contribution in [-0.2, 0) is 24.0 Å². The van der Waals surface area contributed by atoms with Crippen LogP contribution in [0.3, 0.4) is 0 Å². The molecule has 0 aliphatic rings. The zero-order chi connectivity index (χ0) is 22.7. The Hall–Kier alpha value is -2.34. The van der Waals surface area contributed by atoms with Crippen LogP contribution in [0.2, 0.25) is 0 Å². The molecule has 166 valence electrons. The zero-order valence-corrected chi connectivity index (χ0v) is 17.6. The van der Waals surface area contributed by atoms with Crippen LogP contribution in [0.1, 0.15) is 40.0 Å². The molecule has 0 saturated heterocycles. The molecular formula is C17H30N4O7S. The number of nitrogens with one attached hydrogen (secondary N) is 3. The van der Waals surface area contributed by atoms with Crippen molar-refractivity contribution in [3.8, 4) is 0 Å². The summed E-state index contributed by atoms with van der Waals surface area (Å²) >= 11 is 3.94. The first-order valence-electron chi connectivity index (χ1n) is 9.16. The molecule has 0 aliphatic carbocycles. The number of nitrogens with two attached hydrogens (primary N) is 1. The molecule has 0 spiro atoms. The van der Waals surface area contributed by atoms with Gasteiger partial charge in [0.1, 0.15) is 18.1 Å². The summed E-state index contributed by atoms with van der Waals surface area (Å²) in [5.41, 5.74) is 5.62. The van der Waals surface area contributed by atoms with E-state index in [4.69, 9.17) is 15.9 Å². The monoisotopic (exact) mass is 434 g/mol. The molecule has 5 atom stereocenters. The molecule has 0 fully saturated rings. The maximum atomic E-state index is 12.7. The minimum atomic E-state index is -1.29. The van der Waals surface area contributed by atoms with Crippen molar-refractivity contribution < 1.29 is 34.2 Å². The van der Waals surface area contributed by atoms with E-state index in [1.807, 2.05) is 0 Å². The number of carbonyl (C=O) groups is 5. The van der Waals surface area contributed by atoms with Crippen molar-refractivity contribution in [2.75, 3.05) is 5.75 Å². The van der Waals surface area contributed by atoms with Gasteiger partial charge in [0.05, 0.1) is 6.04 Å². The largest absolute Gasteiger partial charge is 0.481 e. The van der Waals surface area contributed by atoms with Gasteiger partial charge in [0.25, 0.3) is 0 Å². The highest BCUT2D eigenvalue weighted by molar-refractivity contribution is 7.80. The van der Waals surface area contributed by atoms with Gasteiger partial charge in [0.15, 0.2) is 0 Å². The van der Waals surface area contributed by atoms with Crippen molar-refractivity contribution in [3.05, 3.63) is 0 Å². The zero-order valence-electron chi connectivity index (χ0n) is 16.7. The molecule has 29 heavy (non-hydrogen) atoms. The van der Waals surface area contributed by atoms with E-state index in [1.165, 1.54) is 6.92 Å². The van der Waals surface area contributed by atoms with Crippen molar-refractivity contribution in [2.24, 2.45) is 11.7 Å². The van der Waals surface area contributed by atoms with Crippen LogP contribution in [0.25, 0.3) is 0 Å². The third-order valence-corrected chi connectivity index (χ3v) is 4.73. The first-order chi connectivity index (χ1) is 13.4. The van der Waals surface area contributed by atoms with Crippen molar-refractivity contribution >= 4 is 42.3 Å². The lowest BCUT2D eigenvalue weighted by atomic mass is 9.97. The molecule has 11 nitrogen and oxygen atoms in total. The van der Waals surface area contributed by atoms with Gasteiger partial charge in [-0.2, -0.15) is 12.6 Å². The van der Waals surface area contributed by atoms with Gasteiger partial charge in [0.2, 0.25) is 17.7 Å². The SMILES string of the molecule is CCC(C)C(NC(=O)C(N)CS)C(=O)NC(CCC(=O)O)C(=O)NC(C)C(=O)O. The smallest absolute Gasteiger partial charge is 0.325 e. The van der Waals surface area contributed by atoms with E-state index in [2.05, 4.69) is 28.6 Å². The van der Waals surface area contributed by atoms with Gasteiger partial charge < -0.3 is 31.9 Å². The minimum absolute atomic E-state index is 0.0669. The molecule has 12 heteroatoms. The van der Waals surface area contributed by atoms with E-state index < -0.39 is 60.2 Å². The fourth-order valence-electron chi connectivity index (χ4n) is 2.22. The predicted molar refractivity (Wildman–Crippen MR) is 107 cm³/mol. The molecule has 0 aromatic heterocycles. The fourth-order valence-corrected chi connectivity index (χ4v) is 2.38. The molecular weight excluding hydrogens is 404 g/mol. The first-order valence-corrected chi connectivity index (χ1v) is 9.79. The molecule has 7 N–H and O–H groups in total. The van der Waals surface area contributed by atoms with Crippen molar-refractivity contribution in [2.45, 2.75) is 64.2 Å². The summed E-state index contributed by atoms with van der Waals surface area (Å²) in [5.74, 6) is -4.85. The Morgan fingerprint density at radius 3 is 2.00 bits per heavy atom.